The van der Waals surface area contributed by atoms with Crippen LogP contribution in [0.15, 0.2) is 0 Å². The summed E-state index contributed by atoms with van der Waals surface area (Å²) in [5.74, 6) is -0.988. The van der Waals surface area contributed by atoms with Gasteiger partial charge >= 0.3 is 26.2 Å². The van der Waals surface area contributed by atoms with Crippen molar-refractivity contribution in [2.45, 2.75) is 25.7 Å². The normalized spacial score (nSPS) is 19.1. The molecule has 0 atom stereocenters. The van der Waals surface area contributed by atoms with Crippen molar-refractivity contribution in [2.24, 2.45) is 5.92 Å². The van der Waals surface area contributed by atoms with Crippen molar-refractivity contribution < 1.29 is 36.1 Å². The zero-order chi connectivity index (χ0) is 5.98. The third-order valence-corrected chi connectivity index (χ3v) is 1.69. The molecule has 9 heavy (non-hydrogen) atoms. The average Bonchev–Trinajstić information content (AvgIpc) is 2.12. The molecule has 0 spiro atoms. The summed E-state index contributed by atoms with van der Waals surface area (Å²) in [7, 11) is 0. The quantitative estimate of drug-likeness (QED) is 0.599. The van der Waals surface area contributed by atoms with E-state index in [9.17, 15) is 9.90 Å². The summed E-state index contributed by atoms with van der Waals surface area (Å²) in [5, 5.41) is 10.1. The zero-order valence-electron chi connectivity index (χ0n) is 5.22. The van der Waals surface area contributed by atoms with Crippen LogP contribution in [0.25, 0.3) is 0 Å². The first-order chi connectivity index (χ1) is 3.80. The van der Waals surface area contributed by atoms with E-state index in [1.54, 1.807) is 0 Å². The van der Waals surface area contributed by atoms with Crippen LogP contribution >= 0.6 is 0 Å². The molecule has 1 saturated carbocycles. The Hall–Kier alpha value is 0.353. The van der Waals surface area contributed by atoms with Crippen LogP contribution in [0, 0.1) is 5.92 Å². The van der Waals surface area contributed by atoms with E-state index >= 15 is 0 Å². The molecule has 1 aliphatic carbocycles. The van der Waals surface area contributed by atoms with Crippen molar-refractivity contribution in [1.82, 2.24) is 0 Å². The molecule has 1 rings (SSSR count). The van der Waals surface area contributed by atoms with Crippen LogP contribution in [-0.2, 0) is 31.0 Å². The van der Waals surface area contributed by atoms with E-state index in [-0.39, 0.29) is 32.1 Å². The third kappa shape index (κ3) is 2.62. The van der Waals surface area contributed by atoms with Crippen molar-refractivity contribution in [3.63, 3.8) is 0 Å². The number of carbonyl (C=O) groups excluding carboxylic acids is 1. The van der Waals surface area contributed by atoms with Crippen molar-refractivity contribution in [3.05, 3.63) is 0 Å². The Kier molecular flexibility index (Phi) is 4.38. The summed E-state index contributed by atoms with van der Waals surface area (Å²) in [6.45, 7) is 0. The number of carbonyl (C=O) groups is 1. The molecule has 0 N–H and O–H groups in total. The second kappa shape index (κ2) is 4.21. The van der Waals surface area contributed by atoms with Gasteiger partial charge in [-0.25, -0.2) is 0 Å². The minimum absolute atomic E-state index is 0. The molecule has 0 aromatic carbocycles. The summed E-state index contributed by atoms with van der Waals surface area (Å²) in [5.41, 5.74) is 0. The summed E-state index contributed by atoms with van der Waals surface area (Å²) >= 11 is 0. The monoisotopic (exact) mass is 203 g/mol. The van der Waals surface area contributed by atoms with E-state index in [1.807, 2.05) is 0 Å². The Bertz CT molecular complexity index is 97.2. The molecule has 3 heteroatoms. The van der Waals surface area contributed by atoms with Crippen molar-refractivity contribution in [3.8, 4) is 0 Å². The molecular weight excluding hydrogens is 195 g/mol. The maximum absolute atomic E-state index is 10.1. The molecule has 1 radical (unpaired) electrons. The third-order valence-electron chi connectivity index (χ3n) is 1.69. The molecule has 0 bridgehead atoms. The molecule has 0 amide bonds. The number of hydrogen-bond acceptors (Lipinski definition) is 2. The van der Waals surface area contributed by atoms with Crippen LogP contribution in [0.2, 0.25) is 0 Å². The SMILES string of the molecule is O=C([O-])C1CCCC1.[Zr+]. The van der Waals surface area contributed by atoms with E-state index in [0.717, 1.165) is 25.7 Å². The largest absolute Gasteiger partial charge is 1.00 e. The van der Waals surface area contributed by atoms with E-state index in [1.165, 1.54) is 0 Å². The van der Waals surface area contributed by atoms with Gasteiger partial charge in [0, 0.05) is 5.97 Å². The molecule has 0 aromatic rings. The summed E-state index contributed by atoms with van der Waals surface area (Å²) in [6.07, 6.45) is 3.81. The predicted octanol–water partition coefficient (Wildman–Crippen LogP) is -0.0760. The van der Waals surface area contributed by atoms with E-state index in [4.69, 9.17) is 0 Å². The Morgan fingerprint density at radius 1 is 1.33 bits per heavy atom. The van der Waals surface area contributed by atoms with Gasteiger partial charge in [0.15, 0.2) is 0 Å². The number of aliphatic carboxylic acids is 1. The second-order valence-corrected chi connectivity index (χ2v) is 2.30. The Morgan fingerprint density at radius 3 is 2.00 bits per heavy atom. The van der Waals surface area contributed by atoms with Crippen LogP contribution in [-0.4, -0.2) is 5.97 Å². The predicted molar refractivity (Wildman–Crippen MR) is 27.0 cm³/mol. The van der Waals surface area contributed by atoms with Gasteiger partial charge in [-0.2, -0.15) is 0 Å². The van der Waals surface area contributed by atoms with Gasteiger partial charge in [0.05, 0.1) is 0 Å². The van der Waals surface area contributed by atoms with E-state index in [2.05, 4.69) is 0 Å². The van der Waals surface area contributed by atoms with Crippen molar-refractivity contribution >= 4 is 5.97 Å². The van der Waals surface area contributed by atoms with E-state index in [0.29, 0.717) is 0 Å². The first kappa shape index (κ1) is 9.35. The maximum Gasteiger partial charge on any atom is 1.00 e. The molecule has 1 aliphatic rings. The first-order valence-electron chi connectivity index (χ1n) is 3.01. The van der Waals surface area contributed by atoms with Gasteiger partial charge < -0.3 is 9.90 Å². The van der Waals surface area contributed by atoms with Crippen LogP contribution in [0.1, 0.15) is 25.7 Å². The van der Waals surface area contributed by atoms with Crippen LogP contribution in [0.5, 0.6) is 0 Å². The fourth-order valence-electron chi connectivity index (χ4n) is 1.16. The minimum atomic E-state index is -0.859. The summed E-state index contributed by atoms with van der Waals surface area (Å²) in [6, 6.07) is 0. The molecule has 2 nitrogen and oxygen atoms in total. The summed E-state index contributed by atoms with van der Waals surface area (Å²) < 4.78 is 0. The van der Waals surface area contributed by atoms with Gasteiger partial charge in [-0.1, -0.05) is 12.8 Å². The Balaban J connectivity index is 0.000000640. The molecule has 0 heterocycles. The van der Waals surface area contributed by atoms with Gasteiger partial charge in [0.1, 0.15) is 0 Å². The summed E-state index contributed by atoms with van der Waals surface area (Å²) in [4.78, 5) is 10.1. The second-order valence-electron chi connectivity index (χ2n) is 2.30. The Morgan fingerprint density at radius 2 is 1.78 bits per heavy atom. The number of carboxylic acid groups (broad SMARTS) is 1. The van der Waals surface area contributed by atoms with E-state index < -0.39 is 5.97 Å². The topological polar surface area (TPSA) is 40.1 Å². The molecule has 0 unspecified atom stereocenters. The molecule has 0 aromatic heterocycles. The molecule has 0 aliphatic heterocycles. The fourth-order valence-corrected chi connectivity index (χ4v) is 1.16. The Labute approximate surface area is 73.8 Å². The zero-order valence-corrected chi connectivity index (χ0v) is 7.68. The van der Waals surface area contributed by atoms with Gasteiger partial charge in [-0.05, 0) is 18.8 Å². The smallest absolute Gasteiger partial charge is 0.550 e. The van der Waals surface area contributed by atoms with Gasteiger partial charge in [0.25, 0.3) is 0 Å². The maximum atomic E-state index is 10.1. The molecular formula is C6H9O2Zr. The average molecular weight is 204 g/mol. The molecule has 49 valence electrons. The first-order valence-corrected chi connectivity index (χ1v) is 3.01. The van der Waals surface area contributed by atoms with Crippen LogP contribution in [0.3, 0.4) is 0 Å². The molecule has 1 fully saturated rings. The minimum Gasteiger partial charge on any atom is -0.550 e. The standard InChI is InChI=1S/C6H10O2.Zr/c7-6(8)5-3-1-2-4-5;/h5H,1-4H2,(H,7,8);/q;+1/p-1. The van der Waals surface area contributed by atoms with Crippen LogP contribution < -0.4 is 5.11 Å². The fraction of sp³-hybridized carbons (Fsp3) is 0.833. The number of carboxylic acids is 1. The molecule has 0 saturated heterocycles. The van der Waals surface area contributed by atoms with Crippen molar-refractivity contribution in [2.75, 3.05) is 0 Å². The van der Waals surface area contributed by atoms with Gasteiger partial charge in [-0.15, -0.1) is 0 Å². The van der Waals surface area contributed by atoms with Gasteiger partial charge in [-0.3, -0.25) is 0 Å². The number of hydrogen-bond donors (Lipinski definition) is 0. The number of rotatable bonds is 1. The van der Waals surface area contributed by atoms with Crippen LogP contribution in [0.4, 0.5) is 0 Å². The van der Waals surface area contributed by atoms with Crippen molar-refractivity contribution in [1.29, 1.82) is 0 Å². The van der Waals surface area contributed by atoms with Gasteiger partial charge in [0.2, 0.25) is 0 Å².